The highest BCUT2D eigenvalue weighted by molar-refractivity contribution is 6.06. The van der Waals surface area contributed by atoms with Crippen LogP contribution in [0.4, 0.5) is 5.69 Å². The van der Waals surface area contributed by atoms with Gasteiger partial charge in [0.1, 0.15) is 5.75 Å². The molecule has 0 aliphatic heterocycles. The van der Waals surface area contributed by atoms with Crippen molar-refractivity contribution in [2.45, 2.75) is 19.8 Å². The molecule has 3 rings (SSSR count). The second-order valence-electron chi connectivity index (χ2n) is 5.38. The standard InChI is InChI=1S/C16H17NO2/c1-16(9-10-16)15(18)17-13-7-8-14(19-2)12-6-4-3-5-11(12)13/h3-8H,9-10H2,1-2H3,(H,17,18). The molecule has 0 heterocycles. The highest BCUT2D eigenvalue weighted by atomic mass is 16.5. The largest absolute Gasteiger partial charge is 0.496 e. The average molecular weight is 255 g/mol. The summed E-state index contributed by atoms with van der Waals surface area (Å²) in [6, 6.07) is 11.7. The van der Waals surface area contributed by atoms with E-state index in [1.165, 1.54) is 0 Å². The van der Waals surface area contributed by atoms with Crippen molar-refractivity contribution >= 4 is 22.4 Å². The first-order valence-electron chi connectivity index (χ1n) is 6.51. The van der Waals surface area contributed by atoms with Crippen molar-refractivity contribution in [3.8, 4) is 5.75 Å². The Labute approximate surface area is 112 Å². The third-order valence-electron chi connectivity index (χ3n) is 3.90. The van der Waals surface area contributed by atoms with Crippen LogP contribution in [0.5, 0.6) is 5.75 Å². The number of carbonyl (C=O) groups excluding carboxylic acids is 1. The van der Waals surface area contributed by atoms with Gasteiger partial charge in [0.2, 0.25) is 5.91 Å². The predicted molar refractivity (Wildman–Crippen MR) is 76.5 cm³/mol. The molecular weight excluding hydrogens is 238 g/mol. The van der Waals surface area contributed by atoms with Gasteiger partial charge in [-0.25, -0.2) is 0 Å². The van der Waals surface area contributed by atoms with Crippen molar-refractivity contribution in [1.29, 1.82) is 0 Å². The number of benzene rings is 2. The van der Waals surface area contributed by atoms with Crippen LogP contribution in [0.15, 0.2) is 36.4 Å². The number of anilines is 1. The van der Waals surface area contributed by atoms with Crippen molar-refractivity contribution in [1.82, 2.24) is 0 Å². The third-order valence-corrected chi connectivity index (χ3v) is 3.90. The summed E-state index contributed by atoms with van der Waals surface area (Å²) in [5.74, 6) is 0.939. The lowest BCUT2D eigenvalue weighted by Crippen LogP contribution is -2.21. The fraction of sp³-hybridized carbons (Fsp3) is 0.312. The molecule has 1 saturated carbocycles. The quantitative estimate of drug-likeness (QED) is 0.910. The zero-order valence-corrected chi connectivity index (χ0v) is 11.2. The van der Waals surface area contributed by atoms with Crippen molar-refractivity contribution < 1.29 is 9.53 Å². The first-order chi connectivity index (χ1) is 9.14. The summed E-state index contributed by atoms with van der Waals surface area (Å²) < 4.78 is 5.35. The number of carbonyl (C=O) groups is 1. The van der Waals surface area contributed by atoms with Crippen LogP contribution in [0.3, 0.4) is 0 Å². The predicted octanol–water partition coefficient (Wildman–Crippen LogP) is 3.59. The molecule has 0 saturated heterocycles. The van der Waals surface area contributed by atoms with Crippen molar-refractivity contribution in [3.05, 3.63) is 36.4 Å². The lowest BCUT2D eigenvalue weighted by atomic mass is 10.1. The van der Waals surface area contributed by atoms with E-state index in [0.29, 0.717) is 0 Å². The molecule has 98 valence electrons. The number of nitrogens with one attached hydrogen (secondary N) is 1. The van der Waals surface area contributed by atoms with Gasteiger partial charge in [0.25, 0.3) is 0 Å². The van der Waals surface area contributed by atoms with E-state index in [2.05, 4.69) is 5.32 Å². The van der Waals surface area contributed by atoms with E-state index in [1.54, 1.807) is 7.11 Å². The van der Waals surface area contributed by atoms with Gasteiger partial charge < -0.3 is 10.1 Å². The fourth-order valence-electron chi connectivity index (χ4n) is 2.25. The Balaban J connectivity index is 2.02. The molecule has 1 aliphatic carbocycles. The minimum atomic E-state index is -0.166. The molecule has 1 amide bonds. The molecule has 1 fully saturated rings. The monoisotopic (exact) mass is 255 g/mol. The molecule has 19 heavy (non-hydrogen) atoms. The van der Waals surface area contributed by atoms with Crippen LogP contribution in [0.2, 0.25) is 0 Å². The second-order valence-corrected chi connectivity index (χ2v) is 5.38. The molecular formula is C16H17NO2. The number of hydrogen-bond acceptors (Lipinski definition) is 2. The number of amides is 1. The molecule has 2 aromatic rings. The molecule has 0 aromatic heterocycles. The molecule has 1 aliphatic rings. The van der Waals surface area contributed by atoms with Gasteiger partial charge in [0, 0.05) is 21.9 Å². The maximum absolute atomic E-state index is 12.2. The Morgan fingerprint density at radius 2 is 1.84 bits per heavy atom. The first kappa shape index (κ1) is 12.0. The Kier molecular flexibility index (Phi) is 2.70. The normalized spacial score (nSPS) is 16.1. The minimum absolute atomic E-state index is 0.114. The van der Waals surface area contributed by atoms with Crippen LogP contribution in [0.25, 0.3) is 10.8 Å². The van der Waals surface area contributed by atoms with Crippen molar-refractivity contribution in [2.24, 2.45) is 5.41 Å². The molecule has 0 atom stereocenters. The lowest BCUT2D eigenvalue weighted by molar-refractivity contribution is -0.120. The zero-order valence-electron chi connectivity index (χ0n) is 11.2. The Hall–Kier alpha value is -2.03. The topological polar surface area (TPSA) is 38.3 Å². The van der Waals surface area contributed by atoms with Gasteiger partial charge in [-0.15, -0.1) is 0 Å². The first-order valence-corrected chi connectivity index (χ1v) is 6.51. The number of hydrogen-bond donors (Lipinski definition) is 1. The van der Waals surface area contributed by atoms with E-state index < -0.39 is 0 Å². The van der Waals surface area contributed by atoms with Gasteiger partial charge in [0.15, 0.2) is 0 Å². The van der Waals surface area contributed by atoms with Gasteiger partial charge in [-0.2, -0.15) is 0 Å². The smallest absolute Gasteiger partial charge is 0.230 e. The number of fused-ring (bicyclic) bond motifs is 1. The maximum atomic E-state index is 12.2. The highest BCUT2D eigenvalue weighted by Crippen LogP contribution is 2.46. The Bertz CT molecular complexity index is 644. The summed E-state index contributed by atoms with van der Waals surface area (Å²) in [4.78, 5) is 12.2. The number of ether oxygens (including phenoxy) is 1. The SMILES string of the molecule is COc1ccc(NC(=O)C2(C)CC2)c2ccccc12. The van der Waals surface area contributed by atoms with E-state index >= 15 is 0 Å². The van der Waals surface area contributed by atoms with E-state index in [1.807, 2.05) is 43.3 Å². The summed E-state index contributed by atoms with van der Waals surface area (Å²) in [6.45, 7) is 2.01. The molecule has 0 bridgehead atoms. The van der Waals surface area contributed by atoms with Gasteiger partial charge in [-0.3, -0.25) is 4.79 Å². The van der Waals surface area contributed by atoms with Crippen LogP contribution in [-0.2, 0) is 4.79 Å². The molecule has 0 unspecified atom stereocenters. The molecule has 1 N–H and O–H groups in total. The van der Waals surface area contributed by atoms with E-state index in [0.717, 1.165) is 35.1 Å². The van der Waals surface area contributed by atoms with Gasteiger partial charge in [-0.1, -0.05) is 31.2 Å². The van der Waals surface area contributed by atoms with Gasteiger partial charge >= 0.3 is 0 Å². The molecule has 3 heteroatoms. The molecule has 0 spiro atoms. The third kappa shape index (κ3) is 2.05. The van der Waals surface area contributed by atoms with Crippen LogP contribution in [0, 0.1) is 5.41 Å². The fourth-order valence-corrected chi connectivity index (χ4v) is 2.25. The van der Waals surface area contributed by atoms with Crippen LogP contribution in [-0.4, -0.2) is 13.0 Å². The number of methoxy groups -OCH3 is 1. The van der Waals surface area contributed by atoms with E-state index in [4.69, 9.17) is 4.74 Å². The van der Waals surface area contributed by atoms with E-state index in [-0.39, 0.29) is 11.3 Å². The Morgan fingerprint density at radius 1 is 1.16 bits per heavy atom. The van der Waals surface area contributed by atoms with Crippen molar-refractivity contribution in [3.63, 3.8) is 0 Å². The highest BCUT2D eigenvalue weighted by Gasteiger charge is 2.44. The maximum Gasteiger partial charge on any atom is 0.230 e. The summed E-state index contributed by atoms with van der Waals surface area (Å²) in [7, 11) is 1.66. The van der Waals surface area contributed by atoms with Crippen LogP contribution < -0.4 is 10.1 Å². The summed E-state index contributed by atoms with van der Waals surface area (Å²) in [6.07, 6.45) is 1.96. The minimum Gasteiger partial charge on any atom is -0.496 e. The zero-order chi connectivity index (χ0) is 13.5. The lowest BCUT2D eigenvalue weighted by Gasteiger charge is -2.14. The van der Waals surface area contributed by atoms with Crippen molar-refractivity contribution in [2.75, 3.05) is 12.4 Å². The second kappa shape index (κ2) is 4.26. The van der Waals surface area contributed by atoms with Gasteiger partial charge in [-0.05, 0) is 25.0 Å². The molecule has 0 radical (unpaired) electrons. The summed E-state index contributed by atoms with van der Waals surface area (Å²) in [5.41, 5.74) is 0.690. The van der Waals surface area contributed by atoms with E-state index in [9.17, 15) is 4.79 Å². The summed E-state index contributed by atoms with van der Waals surface area (Å²) >= 11 is 0. The summed E-state index contributed by atoms with van der Waals surface area (Å²) in [5, 5.41) is 5.07. The average Bonchev–Trinajstić information content (AvgIpc) is 3.18. The van der Waals surface area contributed by atoms with Crippen LogP contribution in [0.1, 0.15) is 19.8 Å². The molecule has 2 aromatic carbocycles. The van der Waals surface area contributed by atoms with Gasteiger partial charge in [0.05, 0.1) is 7.11 Å². The molecule has 3 nitrogen and oxygen atoms in total. The number of rotatable bonds is 3. The van der Waals surface area contributed by atoms with Crippen LogP contribution >= 0.6 is 0 Å². The Morgan fingerprint density at radius 3 is 2.47 bits per heavy atom.